The Balaban J connectivity index is 1.35. The first-order valence-corrected chi connectivity index (χ1v) is 12.7. The van der Waals surface area contributed by atoms with Gasteiger partial charge in [-0.15, -0.1) is 0 Å². The monoisotopic (exact) mass is 626 g/mol. The number of ether oxygens (including phenoxy) is 2. The van der Waals surface area contributed by atoms with Gasteiger partial charge in [-0.1, -0.05) is 37.9 Å². The molecule has 1 aliphatic heterocycles. The SMILES string of the molecule is Cc1cc(NC(=O)c2cc3cc(Br)ccc3n2NC(=O)C(=O)NCc2ccc3c(c2)OCO3)ccc1Br. The number of carbonyl (C=O) groups excluding carboxylic acids is 3. The minimum Gasteiger partial charge on any atom is -0.454 e. The van der Waals surface area contributed by atoms with Crippen molar-refractivity contribution in [3.05, 3.63) is 86.4 Å². The number of aromatic nitrogens is 1. The summed E-state index contributed by atoms with van der Waals surface area (Å²) in [5, 5.41) is 6.13. The van der Waals surface area contributed by atoms with Crippen LogP contribution in [0.25, 0.3) is 10.9 Å². The minimum absolute atomic E-state index is 0.110. The Bertz CT molecular complexity index is 1570. The van der Waals surface area contributed by atoms with Crippen LogP contribution in [-0.2, 0) is 16.1 Å². The van der Waals surface area contributed by atoms with Crippen molar-refractivity contribution in [3.63, 3.8) is 0 Å². The van der Waals surface area contributed by atoms with E-state index < -0.39 is 17.7 Å². The maximum absolute atomic E-state index is 13.2. The molecule has 0 saturated carbocycles. The lowest BCUT2D eigenvalue weighted by Gasteiger charge is -2.13. The largest absolute Gasteiger partial charge is 0.454 e. The molecule has 11 heteroatoms. The molecule has 0 spiro atoms. The summed E-state index contributed by atoms with van der Waals surface area (Å²) in [6.45, 7) is 2.17. The third kappa shape index (κ3) is 5.32. The lowest BCUT2D eigenvalue weighted by atomic mass is 10.2. The van der Waals surface area contributed by atoms with E-state index in [4.69, 9.17) is 9.47 Å². The molecule has 1 aromatic heterocycles. The number of rotatable bonds is 5. The van der Waals surface area contributed by atoms with Gasteiger partial charge in [-0.25, -0.2) is 4.68 Å². The normalized spacial score (nSPS) is 11.9. The molecular weight excluding hydrogens is 608 g/mol. The summed E-state index contributed by atoms with van der Waals surface area (Å²) in [5.41, 5.74) is 5.56. The summed E-state index contributed by atoms with van der Waals surface area (Å²) in [6, 6.07) is 17.7. The number of halogens is 2. The zero-order valence-electron chi connectivity index (χ0n) is 19.4. The van der Waals surface area contributed by atoms with Crippen molar-refractivity contribution < 1.29 is 23.9 Å². The number of hydrogen-bond donors (Lipinski definition) is 3. The van der Waals surface area contributed by atoms with Gasteiger partial charge < -0.3 is 20.1 Å². The van der Waals surface area contributed by atoms with Gasteiger partial charge in [0.25, 0.3) is 5.91 Å². The maximum Gasteiger partial charge on any atom is 0.328 e. The Morgan fingerprint density at radius 1 is 0.919 bits per heavy atom. The van der Waals surface area contributed by atoms with E-state index in [1.165, 1.54) is 4.68 Å². The average Bonchev–Trinajstić information content (AvgIpc) is 3.48. The smallest absolute Gasteiger partial charge is 0.328 e. The van der Waals surface area contributed by atoms with E-state index in [-0.39, 0.29) is 19.0 Å². The van der Waals surface area contributed by atoms with Crippen LogP contribution in [0, 0.1) is 6.92 Å². The summed E-state index contributed by atoms with van der Waals surface area (Å²) in [6.07, 6.45) is 0. The van der Waals surface area contributed by atoms with E-state index >= 15 is 0 Å². The molecule has 188 valence electrons. The highest BCUT2D eigenvalue weighted by Gasteiger charge is 2.21. The number of amides is 3. The van der Waals surface area contributed by atoms with Crippen LogP contribution in [0.5, 0.6) is 11.5 Å². The van der Waals surface area contributed by atoms with Gasteiger partial charge in [0.15, 0.2) is 11.5 Å². The topological polar surface area (TPSA) is 111 Å². The zero-order valence-corrected chi connectivity index (χ0v) is 22.6. The van der Waals surface area contributed by atoms with E-state index in [1.807, 2.05) is 25.1 Å². The number of nitrogens with zero attached hydrogens (tertiary/aromatic N) is 1. The molecule has 9 nitrogen and oxygen atoms in total. The number of carbonyl (C=O) groups is 3. The van der Waals surface area contributed by atoms with E-state index in [1.54, 1.807) is 42.5 Å². The third-order valence-corrected chi connectivity index (χ3v) is 7.10. The molecule has 37 heavy (non-hydrogen) atoms. The summed E-state index contributed by atoms with van der Waals surface area (Å²) < 4.78 is 13.7. The highest BCUT2D eigenvalue weighted by Crippen LogP contribution is 2.32. The predicted octanol–water partition coefficient (Wildman–Crippen LogP) is 4.84. The van der Waals surface area contributed by atoms with Crippen LogP contribution in [0.2, 0.25) is 0 Å². The molecule has 3 aromatic carbocycles. The maximum atomic E-state index is 13.2. The van der Waals surface area contributed by atoms with Gasteiger partial charge in [0, 0.05) is 26.6 Å². The minimum atomic E-state index is -0.922. The zero-order chi connectivity index (χ0) is 26.1. The fourth-order valence-electron chi connectivity index (χ4n) is 3.86. The van der Waals surface area contributed by atoms with Crippen LogP contribution in [0.15, 0.2) is 69.6 Å². The molecule has 5 rings (SSSR count). The molecule has 0 aliphatic carbocycles. The lowest BCUT2D eigenvalue weighted by molar-refractivity contribution is -0.136. The molecule has 0 saturated heterocycles. The van der Waals surface area contributed by atoms with Crippen LogP contribution in [0.4, 0.5) is 5.69 Å². The van der Waals surface area contributed by atoms with Crippen molar-refractivity contribution in [2.75, 3.05) is 17.5 Å². The van der Waals surface area contributed by atoms with Crippen LogP contribution < -0.4 is 25.5 Å². The van der Waals surface area contributed by atoms with E-state index in [2.05, 4.69) is 47.9 Å². The van der Waals surface area contributed by atoms with E-state index in [9.17, 15) is 14.4 Å². The molecule has 3 amide bonds. The molecule has 0 radical (unpaired) electrons. The van der Waals surface area contributed by atoms with E-state index in [0.717, 1.165) is 20.1 Å². The van der Waals surface area contributed by atoms with Gasteiger partial charge in [0.05, 0.1) is 5.52 Å². The number of anilines is 1. The van der Waals surface area contributed by atoms with Gasteiger partial charge in [-0.05, 0) is 72.6 Å². The first-order chi connectivity index (χ1) is 17.8. The van der Waals surface area contributed by atoms with Crippen LogP contribution in [0.1, 0.15) is 21.6 Å². The molecule has 4 aromatic rings. The average molecular weight is 628 g/mol. The standard InChI is InChI=1S/C26H20Br2N4O5/c1-14-8-18(4-5-19(14)28)30-24(33)21-11-16-10-17(27)3-6-20(16)32(21)31-26(35)25(34)29-12-15-2-7-22-23(9-15)37-13-36-22/h2-11H,12-13H2,1H3,(H,29,34)(H,30,33)(H,31,35). The fourth-order valence-corrected chi connectivity index (χ4v) is 4.48. The second-order valence-electron chi connectivity index (χ2n) is 8.30. The first-order valence-electron chi connectivity index (χ1n) is 11.1. The number of hydrogen-bond acceptors (Lipinski definition) is 5. The molecule has 2 heterocycles. The Morgan fingerprint density at radius 3 is 2.54 bits per heavy atom. The summed E-state index contributed by atoms with van der Waals surface area (Å²) >= 11 is 6.87. The molecule has 0 bridgehead atoms. The first kappa shape index (κ1) is 24.8. The van der Waals surface area contributed by atoms with E-state index in [0.29, 0.717) is 28.1 Å². The fraction of sp³-hybridized carbons (Fsp3) is 0.115. The molecule has 3 N–H and O–H groups in total. The van der Waals surface area contributed by atoms with Crippen LogP contribution in [-0.4, -0.2) is 29.2 Å². The second-order valence-corrected chi connectivity index (χ2v) is 10.1. The van der Waals surface area contributed by atoms with Crippen molar-refractivity contribution in [1.29, 1.82) is 0 Å². The Kier molecular flexibility index (Phi) is 6.90. The van der Waals surface area contributed by atoms with Crippen molar-refractivity contribution >= 4 is 66.2 Å². The Hall–Kier alpha value is -3.83. The van der Waals surface area contributed by atoms with Crippen molar-refractivity contribution in [3.8, 4) is 11.5 Å². The molecular formula is C26H20Br2N4O5. The molecule has 1 aliphatic rings. The summed E-state index contributed by atoms with van der Waals surface area (Å²) in [7, 11) is 0. The predicted molar refractivity (Wildman–Crippen MR) is 145 cm³/mol. The molecule has 0 atom stereocenters. The number of aryl methyl sites for hydroxylation is 1. The third-order valence-electron chi connectivity index (χ3n) is 5.72. The van der Waals surface area contributed by atoms with Crippen LogP contribution in [0.3, 0.4) is 0 Å². The quantitative estimate of drug-likeness (QED) is 0.274. The van der Waals surface area contributed by atoms with Crippen LogP contribution >= 0.6 is 31.9 Å². The number of fused-ring (bicyclic) bond motifs is 2. The Morgan fingerprint density at radius 2 is 1.73 bits per heavy atom. The highest BCUT2D eigenvalue weighted by atomic mass is 79.9. The van der Waals surface area contributed by atoms with Gasteiger partial charge in [0.2, 0.25) is 6.79 Å². The van der Waals surface area contributed by atoms with Gasteiger partial charge in [-0.3, -0.25) is 19.8 Å². The van der Waals surface area contributed by atoms with Crippen molar-refractivity contribution in [2.24, 2.45) is 0 Å². The summed E-state index contributed by atoms with van der Waals surface area (Å²) in [5.74, 6) is -1.02. The van der Waals surface area contributed by atoms with Crippen molar-refractivity contribution in [1.82, 2.24) is 9.99 Å². The van der Waals surface area contributed by atoms with Gasteiger partial charge in [0.1, 0.15) is 5.69 Å². The molecule has 0 unspecified atom stereocenters. The van der Waals surface area contributed by atoms with Crippen molar-refractivity contribution in [2.45, 2.75) is 13.5 Å². The lowest BCUT2D eigenvalue weighted by Crippen LogP contribution is -2.39. The highest BCUT2D eigenvalue weighted by molar-refractivity contribution is 9.10. The van der Waals surface area contributed by atoms with Gasteiger partial charge in [-0.2, -0.15) is 0 Å². The molecule has 0 fully saturated rings. The number of nitrogens with one attached hydrogen (secondary N) is 3. The second kappa shape index (κ2) is 10.3. The summed E-state index contributed by atoms with van der Waals surface area (Å²) in [4.78, 5) is 38.6. The van der Waals surface area contributed by atoms with Gasteiger partial charge >= 0.3 is 11.8 Å². The Labute approximate surface area is 228 Å². The number of benzene rings is 3.